The van der Waals surface area contributed by atoms with Gasteiger partial charge in [-0.05, 0) is 67.1 Å². The molecule has 2 saturated heterocycles. The monoisotopic (exact) mass is 805 g/mol. The van der Waals surface area contributed by atoms with Crippen LogP contribution >= 0.6 is 11.6 Å². The standard InChI is InChI=1S/C42H36ClN5O10/c1-4-58-34-17-22(13-16-33(34)49)36-27-14-15-28-35(40(52)45(38(28)50)26-19-31(47(54)55)37(44(2)3)32(20-26)48(56)57)29(27)21-30-39(51)46(25-12-8-11-24(43)18-25)41(53)42(30,36)23-9-6-5-7-10-23/h5-14,16-20,28-30,35-36,49H,4,15,21H2,1-3H3/t28-,29+,30-,35-,36-,42+/m0/s1. The number of nitro groups is 2. The molecule has 4 aliphatic rings. The Kier molecular flexibility index (Phi) is 9.30. The first kappa shape index (κ1) is 38.3. The van der Waals surface area contributed by atoms with Crippen LogP contribution in [0.3, 0.4) is 0 Å². The number of nitrogens with zero attached hydrogens (tertiary/aromatic N) is 5. The van der Waals surface area contributed by atoms with Gasteiger partial charge in [-0.3, -0.25) is 39.4 Å². The van der Waals surface area contributed by atoms with E-state index < -0.39 is 79.9 Å². The largest absolute Gasteiger partial charge is 0.504 e. The molecule has 4 aromatic carbocycles. The van der Waals surface area contributed by atoms with E-state index in [0.29, 0.717) is 21.7 Å². The molecule has 1 saturated carbocycles. The van der Waals surface area contributed by atoms with Crippen LogP contribution in [-0.4, -0.2) is 59.3 Å². The Hall–Kier alpha value is -6.61. The molecular weight excluding hydrogens is 770 g/mol. The summed E-state index contributed by atoms with van der Waals surface area (Å²) >= 11 is 6.40. The maximum atomic E-state index is 15.5. The zero-order valence-electron chi connectivity index (χ0n) is 31.4. The molecule has 0 bridgehead atoms. The molecule has 2 heterocycles. The highest BCUT2D eigenvalue weighted by Crippen LogP contribution is 2.65. The van der Waals surface area contributed by atoms with Gasteiger partial charge < -0.3 is 14.7 Å². The number of hydrogen-bond donors (Lipinski definition) is 1. The van der Waals surface area contributed by atoms with E-state index in [4.69, 9.17) is 16.3 Å². The first-order chi connectivity index (χ1) is 27.7. The normalized spacial score (nSPS) is 24.9. The predicted octanol–water partition coefficient (Wildman–Crippen LogP) is 6.69. The summed E-state index contributed by atoms with van der Waals surface area (Å²) in [6.07, 6.45) is 1.82. The van der Waals surface area contributed by atoms with Crippen molar-refractivity contribution >= 4 is 63.7 Å². The molecule has 4 amide bonds. The van der Waals surface area contributed by atoms with Gasteiger partial charge in [0.15, 0.2) is 17.2 Å². The molecule has 0 spiro atoms. The van der Waals surface area contributed by atoms with Gasteiger partial charge in [-0.15, -0.1) is 0 Å². The molecule has 16 heteroatoms. The number of phenols is 1. The summed E-state index contributed by atoms with van der Waals surface area (Å²) in [5.41, 5.74) is -1.62. The van der Waals surface area contributed by atoms with Crippen molar-refractivity contribution in [2.24, 2.45) is 23.7 Å². The van der Waals surface area contributed by atoms with E-state index in [-0.39, 0.29) is 48.0 Å². The second-order valence-electron chi connectivity index (χ2n) is 15.0. The van der Waals surface area contributed by atoms with Crippen LogP contribution in [0, 0.1) is 43.9 Å². The molecule has 0 aromatic heterocycles. The molecule has 4 aromatic rings. The van der Waals surface area contributed by atoms with Crippen LogP contribution in [0.15, 0.2) is 96.6 Å². The Morgan fingerprint density at radius 1 is 0.845 bits per heavy atom. The molecule has 6 atom stereocenters. The molecule has 2 aliphatic carbocycles. The summed E-state index contributed by atoms with van der Waals surface area (Å²) in [4.78, 5) is 85.7. The van der Waals surface area contributed by atoms with Gasteiger partial charge in [-0.2, -0.15) is 0 Å². The highest BCUT2D eigenvalue weighted by molar-refractivity contribution is 6.32. The van der Waals surface area contributed by atoms with Gasteiger partial charge in [-0.1, -0.05) is 65.7 Å². The van der Waals surface area contributed by atoms with Crippen molar-refractivity contribution in [2.45, 2.75) is 31.1 Å². The molecule has 0 unspecified atom stereocenters. The number of fused-ring (bicyclic) bond motifs is 4. The van der Waals surface area contributed by atoms with E-state index in [9.17, 15) is 34.9 Å². The number of allylic oxidation sites excluding steroid dienone is 2. The summed E-state index contributed by atoms with van der Waals surface area (Å²) in [6.45, 7) is 1.96. The smallest absolute Gasteiger partial charge is 0.301 e. The van der Waals surface area contributed by atoms with Crippen molar-refractivity contribution in [1.82, 2.24) is 0 Å². The molecule has 3 fully saturated rings. The Morgan fingerprint density at radius 3 is 2.16 bits per heavy atom. The fourth-order valence-electron chi connectivity index (χ4n) is 9.81. The van der Waals surface area contributed by atoms with Gasteiger partial charge in [0.2, 0.25) is 23.6 Å². The second kappa shape index (κ2) is 14.1. The Labute approximate surface area is 336 Å². The number of imide groups is 2. The SMILES string of the molecule is CCOc1cc([C@H]2C3=CC[C@@H]4C(=O)N(c5cc([N+](=O)[O-])c(N(C)C)c([N+](=O)[O-])c5)C(=O)[C@@H]4[C@@H]3C[C@H]3C(=O)N(c4cccc(Cl)c4)C(=O)[C@@]23c2ccccc2)ccc1O. The van der Waals surface area contributed by atoms with Crippen molar-refractivity contribution in [1.29, 1.82) is 0 Å². The highest BCUT2D eigenvalue weighted by Gasteiger charge is 2.70. The van der Waals surface area contributed by atoms with Gasteiger partial charge >= 0.3 is 11.4 Å². The number of aromatic hydroxyl groups is 1. The molecule has 8 rings (SSSR count). The maximum absolute atomic E-state index is 15.5. The first-order valence-corrected chi connectivity index (χ1v) is 19.0. The van der Waals surface area contributed by atoms with E-state index in [1.54, 1.807) is 67.6 Å². The number of benzene rings is 4. The van der Waals surface area contributed by atoms with E-state index in [1.165, 1.54) is 31.1 Å². The number of carbonyl (C=O) groups excluding carboxylic acids is 4. The summed E-state index contributed by atoms with van der Waals surface area (Å²) in [7, 11) is 2.82. The van der Waals surface area contributed by atoms with Gasteiger partial charge in [0.05, 0.1) is 51.0 Å². The van der Waals surface area contributed by atoms with Crippen molar-refractivity contribution in [2.75, 3.05) is 35.4 Å². The van der Waals surface area contributed by atoms with E-state index in [0.717, 1.165) is 21.9 Å². The van der Waals surface area contributed by atoms with Crippen molar-refractivity contribution in [3.63, 3.8) is 0 Å². The minimum atomic E-state index is -1.59. The number of carbonyl (C=O) groups is 4. The number of halogens is 1. The van der Waals surface area contributed by atoms with Crippen molar-refractivity contribution < 1.29 is 38.9 Å². The zero-order chi connectivity index (χ0) is 41.4. The Balaban J connectivity index is 1.34. The van der Waals surface area contributed by atoms with Crippen LogP contribution in [0.4, 0.5) is 28.4 Å². The highest BCUT2D eigenvalue weighted by atomic mass is 35.5. The minimum absolute atomic E-state index is 0.0279. The van der Waals surface area contributed by atoms with Gasteiger partial charge in [-0.25, -0.2) is 9.80 Å². The topological polar surface area (TPSA) is 194 Å². The zero-order valence-corrected chi connectivity index (χ0v) is 32.2. The van der Waals surface area contributed by atoms with E-state index in [2.05, 4.69) is 0 Å². The van der Waals surface area contributed by atoms with Crippen LogP contribution in [0.2, 0.25) is 5.02 Å². The minimum Gasteiger partial charge on any atom is -0.504 e. The van der Waals surface area contributed by atoms with Crippen LogP contribution < -0.4 is 19.4 Å². The van der Waals surface area contributed by atoms with E-state index >= 15 is 9.59 Å². The molecule has 58 heavy (non-hydrogen) atoms. The Morgan fingerprint density at radius 2 is 1.53 bits per heavy atom. The number of ether oxygens (including phenoxy) is 1. The van der Waals surface area contributed by atoms with Crippen molar-refractivity contribution in [3.8, 4) is 11.5 Å². The van der Waals surface area contributed by atoms with E-state index in [1.807, 2.05) is 6.08 Å². The average molecular weight is 806 g/mol. The number of nitro benzene ring substituents is 2. The quantitative estimate of drug-likeness (QED) is 0.0819. The summed E-state index contributed by atoms with van der Waals surface area (Å²) < 4.78 is 5.79. The lowest BCUT2D eigenvalue weighted by molar-refractivity contribution is -0.392. The summed E-state index contributed by atoms with van der Waals surface area (Å²) in [5, 5.41) is 35.6. The summed E-state index contributed by atoms with van der Waals surface area (Å²) in [6, 6.07) is 22.0. The number of anilines is 3. The molecule has 15 nitrogen and oxygen atoms in total. The second-order valence-corrected chi connectivity index (χ2v) is 15.4. The molecule has 2 aliphatic heterocycles. The lowest BCUT2D eigenvalue weighted by Gasteiger charge is -2.50. The Bertz CT molecular complexity index is 2460. The number of phenolic OH excluding ortho intramolecular Hbond substituents is 1. The lowest BCUT2D eigenvalue weighted by atomic mass is 9.49. The van der Waals surface area contributed by atoms with Crippen LogP contribution in [0.25, 0.3) is 0 Å². The lowest BCUT2D eigenvalue weighted by Crippen LogP contribution is -2.53. The predicted molar refractivity (Wildman–Crippen MR) is 212 cm³/mol. The molecular formula is C42H36ClN5O10. The fraction of sp³-hybridized carbons (Fsp3) is 0.286. The van der Waals surface area contributed by atoms with Crippen LogP contribution in [0.5, 0.6) is 11.5 Å². The van der Waals surface area contributed by atoms with Crippen LogP contribution in [0.1, 0.15) is 36.8 Å². The first-order valence-electron chi connectivity index (χ1n) is 18.6. The molecule has 1 N–H and O–H groups in total. The maximum Gasteiger partial charge on any atom is 0.301 e. The number of hydrogen-bond acceptors (Lipinski definition) is 11. The van der Waals surface area contributed by atoms with Gasteiger partial charge in [0.1, 0.15) is 0 Å². The molecule has 0 radical (unpaired) electrons. The summed E-state index contributed by atoms with van der Waals surface area (Å²) in [5.74, 6) is -7.40. The third-order valence-electron chi connectivity index (χ3n) is 11.9. The average Bonchev–Trinajstić information content (AvgIpc) is 3.59. The number of amides is 4. The third kappa shape index (κ3) is 5.55. The van der Waals surface area contributed by atoms with Gasteiger partial charge in [0, 0.05) is 37.2 Å². The third-order valence-corrected chi connectivity index (χ3v) is 12.2. The van der Waals surface area contributed by atoms with Crippen LogP contribution in [-0.2, 0) is 24.6 Å². The van der Waals surface area contributed by atoms with Crippen molar-refractivity contribution in [3.05, 3.63) is 133 Å². The van der Waals surface area contributed by atoms with Gasteiger partial charge in [0.25, 0.3) is 0 Å². The fourth-order valence-corrected chi connectivity index (χ4v) is 9.99. The number of rotatable bonds is 9. The molecule has 296 valence electrons.